The fourth-order valence-electron chi connectivity index (χ4n) is 3.36. The Bertz CT molecular complexity index is 543. The number of amides is 1. The van der Waals surface area contributed by atoms with E-state index in [0.29, 0.717) is 18.2 Å². The number of hydrogen-bond acceptors (Lipinski definition) is 4. The molecule has 1 aromatic rings. The standard InChI is InChI=1S/C17H24ClN3O2/c1-12-11-23-13(2)10-21(12)17(22)14-5-7-20(8-6-14)16-4-3-15(18)9-19-16/h3-4,9,12-14H,5-8,10-11H2,1-2H3/t12-,13-/m0/s1. The Hall–Kier alpha value is -1.33. The first-order chi connectivity index (χ1) is 11.0. The van der Waals surface area contributed by atoms with Crippen molar-refractivity contribution in [2.45, 2.75) is 38.8 Å². The van der Waals surface area contributed by atoms with E-state index in [0.717, 1.165) is 31.7 Å². The Kier molecular flexibility index (Phi) is 5.07. The molecule has 6 heteroatoms. The number of pyridine rings is 1. The van der Waals surface area contributed by atoms with Crippen molar-refractivity contribution in [3.8, 4) is 0 Å². The Labute approximate surface area is 142 Å². The molecule has 0 saturated carbocycles. The number of ether oxygens (including phenoxy) is 1. The maximum absolute atomic E-state index is 12.8. The number of halogens is 1. The highest BCUT2D eigenvalue weighted by Crippen LogP contribution is 2.25. The molecule has 0 N–H and O–H groups in total. The summed E-state index contributed by atoms with van der Waals surface area (Å²) in [5, 5.41) is 0.647. The zero-order valence-corrected chi connectivity index (χ0v) is 14.5. The molecule has 5 nitrogen and oxygen atoms in total. The molecule has 2 aliphatic rings. The Balaban J connectivity index is 1.57. The number of carbonyl (C=O) groups is 1. The van der Waals surface area contributed by atoms with Gasteiger partial charge in [-0.3, -0.25) is 4.79 Å². The molecule has 0 aromatic carbocycles. The lowest BCUT2D eigenvalue weighted by atomic mass is 9.94. The summed E-state index contributed by atoms with van der Waals surface area (Å²) in [4.78, 5) is 21.4. The van der Waals surface area contributed by atoms with Crippen molar-refractivity contribution in [2.75, 3.05) is 31.1 Å². The second-order valence-electron chi connectivity index (χ2n) is 6.58. The molecule has 0 spiro atoms. The summed E-state index contributed by atoms with van der Waals surface area (Å²) in [7, 11) is 0. The van der Waals surface area contributed by atoms with Crippen LogP contribution in [0.25, 0.3) is 0 Å². The summed E-state index contributed by atoms with van der Waals surface area (Å²) < 4.78 is 5.62. The number of rotatable bonds is 2. The van der Waals surface area contributed by atoms with E-state index in [2.05, 4.69) is 16.8 Å². The van der Waals surface area contributed by atoms with Crippen LogP contribution in [0.1, 0.15) is 26.7 Å². The van der Waals surface area contributed by atoms with Gasteiger partial charge in [0.2, 0.25) is 5.91 Å². The van der Waals surface area contributed by atoms with Gasteiger partial charge in [-0.25, -0.2) is 4.98 Å². The van der Waals surface area contributed by atoms with Crippen molar-refractivity contribution in [1.29, 1.82) is 0 Å². The second-order valence-corrected chi connectivity index (χ2v) is 7.02. The van der Waals surface area contributed by atoms with E-state index in [-0.39, 0.29) is 24.0 Å². The summed E-state index contributed by atoms with van der Waals surface area (Å²) in [5.41, 5.74) is 0. The van der Waals surface area contributed by atoms with Crippen molar-refractivity contribution in [3.05, 3.63) is 23.4 Å². The maximum Gasteiger partial charge on any atom is 0.226 e. The number of hydrogen-bond donors (Lipinski definition) is 0. The largest absolute Gasteiger partial charge is 0.375 e. The van der Waals surface area contributed by atoms with E-state index >= 15 is 0 Å². The number of anilines is 1. The first-order valence-corrected chi connectivity index (χ1v) is 8.71. The van der Waals surface area contributed by atoms with Gasteiger partial charge in [0, 0.05) is 31.7 Å². The zero-order chi connectivity index (χ0) is 16.4. The lowest BCUT2D eigenvalue weighted by Gasteiger charge is -2.40. The highest BCUT2D eigenvalue weighted by atomic mass is 35.5. The summed E-state index contributed by atoms with van der Waals surface area (Å²) in [6, 6.07) is 3.98. The van der Waals surface area contributed by atoms with E-state index in [1.807, 2.05) is 24.0 Å². The molecule has 2 saturated heterocycles. The van der Waals surface area contributed by atoms with Crippen LogP contribution in [0.15, 0.2) is 18.3 Å². The van der Waals surface area contributed by atoms with E-state index in [1.54, 1.807) is 6.20 Å². The van der Waals surface area contributed by atoms with Crippen LogP contribution < -0.4 is 4.90 Å². The van der Waals surface area contributed by atoms with Crippen molar-refractivity contribution < 1.29 is 9.53 Å². The molecule has 1 amide bonds. The van der Waals surface area contributed by atoms with Crippen LogP contribution in [0, 0.1) is 5.92 Å². The van der Waals surface area contributed by atoms with Crippen LogP contribution in [0.4, 0.5) is 5.82 Å². The Morgan fingerprint density at radius 2 is 2.04 bits per heavy atom. The fraction of sp³-hybridized carbons (Fsp3) is 0.647. The number of carbonyl (C=O) groups excluding carboxylic acids is 1. The van der Waals surface area contributed by atoms with Crippen LogP contribution in [-0.4, -0.2) is 54.2 Å². The van der Waals surface area contributed by atoms with Crippen molar-refractivity contribution >= 4 is 23.3 Å². The van der Waals surface area contributed by atoms with Crippen LogP contribution in [0.3, 0.4) is 0 Å². The van der Waals surface area contributed by atoms with Crippen LogP contribution in [-0.2, 0) is 9.53 Å². The zero-order valence-electron chi connectivity index (χ0n) is 13.7. The molecule has 1 aromatic heterocycles. The lowest BCUT2D eigenvalue weighted by Crippen LogP contribution is -2.53. The lowest BCUT2D eigenvalue weighted by molar-refractivity contribution is -0.148. The summed E-state index contributed by atoms with van der Waals surface area (Å²) >= 11 is 5.89. The van der Waals surface area contributed by atoms with Crippen molar-refractivity contribution in [1.82, 2.24) is 9.88 Å². The predicted molar refractivity (Wildman–Crippen MR) is 90.8 cm³/mol. The Morgan fingerprint density at radius 1 is 1.30 bits per heavy atom. The van der Waals surface area contributed by atoms with E-state index in [1.165, 1.54) is 0 Å². The van der Waals surface area contributed by atoms with Gasteiger partial charge in [-0.1, -0.05) is 11.6 Å². The van der Waals surface area contributed by atoms with Gasteiger partial charge in [-0.15, -0.1) is 0 Å². The van der Waals surface area contributed by atoms with Gasteiger partial charge in [0.15, 0.2) is 0 Å². The first kappa shape index (κ1) is 16.5. The third kappa shape index (κ3) is 3.78. The minimum Gasteiger partial charge on any atom is -0.375 e. The minimum atomic E-state index is 0.117. The highest BCUT2D eigenvalue weighted by Gasteiger charge is 2.34. The fourth-order valence-corrected chi connectivity index (χ4v) is 3.47. The summed E-state index contributed by atoms with van der Waals surface area (Å²) in [6.45, 7) is 7.16. The Morgan fingerprint density at radius 3 is 2.70 bits per heavy atom. The number of piperidine rings is 1. The van der Waals surface area contributed by atoms with E-state index in [4.69, 9.17) is 16.3 Å². The van der Waals surface area contributed by atoms with E-state index in [9.17, 15) is 4.79 Å². The molecule has 2 aliphatic heterocycles. The topological polar surface area (TPSA) is 45.7 Å². The SMILES string of the molecule is C[C@H]1CN(C(=O)C2CCN(c3ccc(Cl)cn3)CC2)[C@@H](C)CO1. The van der Waals surface area contributed by atoms with Crippen LogP contribution >= 0.6 is 11.6 Å². The highest BCUT2D eigenvalue weighted by molar-refractivity contribution is 6.30. The molecule has 3 heterocycles. The van der Waals surface area contributed by atoms with Gasteiger partial charge in [0.05, 0.1) is 23.8 Å². The maximum atomic E-state index is 12.8. The summed E-state index contributed by atoms with van der Waals surface area (Å²) in [6.07, 6.45) is 3.56. The molecule has 126 valence electrons. The average molecular weight is 338 g/mol. The van der Waals surface area contributed by atoms with Crippen molar-refractivity contribution in [2.24, 2.45) is 5.92 Å². The van der Waals surface area contributed by atoms with Crippen LogP contribution in [0.2, 0.25) is 5.02 Å². The minimum absolute atomic E-state index is 0.117. The predicted octanol–water partition coefficient (Wildman–Crippen LogP) is 2.59. The first-order valence-electron chi connectivity index (χ1n) is 8.33. The molecule has 23 heavy (non-hydrogen) atoms. The van der Waals surface area contributed by atoms with Crippen molar-refractivity contribution in [3.63, 3.8) is 0 Å². The molecular formula is C17H24ClN3O2. The third-order valence-corrected chi connectivity index (χ3v) is 4.99. The van der Waals surface area contributed by atoms with Gasteiger partial charge in [-0.05, 0) is 38.8 Å². The molecule has 0 radical (unpaired) electrons. The van der Waals surface area contributed by atoms with E-state index < -0.39 is 0 Å². The molecule has 0 aliphatic carbocycles. The van der Waals surface area contributed by atoms with Gasteiger partial charge in [0.25, 0.3) is 0 Å². The number of aromatic nitrogens is 1. The molecule has 0 unspecified atom stereocenters. The number of morpholine rings is 1. The van der Waals surface area contributed by atoms with Gasteiger partial charge in [-0.2, -0.15) is 0 Å². The second kappa shape index (κ2) is 7.05. The smallest absolute Gasteiger partial charge is 0.226 e. The third-order valence-electron chi connectivity index (χ3n) is 4.77. The summed E-state index contributed by atoms with van der Waals surface area (Å²) in [5.74, 6) is 1.34. The molecular weight excluding hydrogens is 314 g/mol. The quantitative estimate of drug-likeness (QED) is 0.832. The monoisotopic (exact) mass is 337 g/mol. The average Bonchev–Trinajstić information content (AvgIpc) is 2.57. The van der Waals surface area contributed by atoms with Gasteiger partial charge in [0.1, 0.15) is 5.82 Å². The molecule has 2 fully saturated rings. The normalized spacial score (nSPS) is 26.4. The van der Waals surface area contributed by atoms with Crippen LogP contribution in [0.5, 0.6) is 0 Å². The van der Waals surface area contributed by atoms with Gasteiger partial charge < -0.3 is 14.5 Å². The molecule has 3 rings (SSSR count). The molecule has 2 atom stereocenters. The molecule has 0 bridgehead atoms. The number of nitrogens with zero attached hydrogens (tertiary/aromatic N) is 3. The van der Waals surface area contributed by atoms with Gasteiger partial charge >= 0.3 is 0 Å².